The zero-order valence-corrected chi connectivity index (χ0v) is 10.9. The molecule has 2 aromatic carbocycles. The van der Waals surface area contributed by atoms with Crippen LogP contribution in [0.25, 0.3) is 10.9 Å². The summed E-state index contributed by atoms with van der Waals surface area (Å²) in [7, 11) is 0. The Hall–Kier alpha value is -1.87. The van der Waals surface area contributed by atoms with Crippen LogP contribution in [-0.2, 0) is 0 Å². The maximum Gasteiger partial charge on any atom is 0.0780 e. The van der Waals surface area contributed by atoms with E-state index in [4.69, 9.17) is 5.73 Å². The van der Waals surface area contributed by atoms with Crippen molar-refractivity contribution in [2.75, 3.05) is 5.73 Å². The molecular formula is C15H14N2S. The summed E-state index contributed by atoms with van der Waals surface area (Å²) in [5.41, 5.74) is 8.96. The fourth-order valence-corrected chi connectivity index (χ4v) is 2.95. The summed E-state index contributed by atoms with van der Waals surface area (Å²) in [5, 5.41) is 2.40. The number of hydrogen-bond acceptors (Lipinski definition) is 2. The molecule has 0 amide bonds. The quantitative estimate of drug-likeness (QED) is 0.673. The van der Waals surface area contributed by atoms with Crippen molar-refractivity contribution in [1.29, 1.82) is 0 Å². The van der Waals surface area contributed by atoms with Crippen LogP contribution in [0.3, 0.4) is 0 Å². The first kappa shape index (κ1) is 11.2. The van der Waals surface area contributed by atoms with Gasteiger partial charge in [-0.1, -0.05) is 30.0 Å². The third-order valence-electron chi connectivity index (χ3n) is 2.92. The maximum absolute atomic E-state index is 5.77. The van der Waals surface area contributed by atoms with E-state index >= 15 is 0 Å². The molecule has 18 heavy (non-hydrogen) atoms. The largest absolute Gasteiger partial charge is 0.399 e. The molecule has 0 aliphatic carbocycles. The minimum atomic E-state index is 0.813. The summed E-state index contributed by atoms with van der Waals surface area (Å²) >= 11 is 1.74. The molecule has 3 heteroatoms. The van der Waals surface area contributed by atoms with E-state index in [1.165, 1.54) is 21.4 Å². The molecule has 0 saturated carbocycles. The molecule has 3 aromatic rings. The van der Waals surface area contributed by atoms with E-state index in [9.17, 15) is 0 Å². The van der Waals surface area contributed by atoms with Crippen LogP contribution in [0, 0.1) is 6.92 Å². The van der Waals surface area contributed by atoms with Gasteiger partial charge in [0.05, 0.1) is 5.03 Å². The van der Waals surface area contributed by atoms with Gasteiger partial charge in [-0.2, -0.15) is 0 Å². The second-order valence-corrected chi connectivity index (χ2v) is 5.43. The van der Waals surface area contributed by atoms with Crippen LogP contribution in [0.2, 0.25) is 0 Å². The summed E-state index contributed by atoms with van der Waals surface area (Å²) < 4.78 is 0. The van der Waals surface area contributed by atoms with Crippen LogP contribution in [0.4, 0.5) is 5.69 Å². The molecule has 90 valence electrons. The second kappa shape index (κ2) is 4.42. The predicted octanol–water partition coefficient (Wildman–Crippen LogP) is 4.21. The molecule has 0 radical (unpaired) electrons. The van der Waals surface area contributed by atoms with Crippen LogP contribution in [0.1, 0.15) is 5.56 Å². The van der Waals surface area contributed by atoms with E-state index < -0.39 is 0 Å². The van der Waals surface area contributed by atoms with Gasteiger partial charge < -0.3 is 10.7 Å². The SMILES string of the molecule is Cc1cc(N)ccc1Sc1cc2ccccc2[nH]1. The van der Waals surface area contributed by atoms with Crippen molar-refractivity contribution in [3.8, 4) is 0 Å². The molecule has 0 atom stereocenters. The Labute approximate surface area is 110 Å². The Bertz CT molecular complexity index is 668. The minimum Gasteiger partial charge on any atom is -0.399 e. The average Bonchev–Trinajstić information content (AvgIpc) is 2.75. The zero-order chi connectivity index (χ0) is 12.5. The molecular weight excluding hydrogens is 240 g/mol. The standard InChI is InChI=1S/C15H14N2S/c1-10-8-12(16)6-7-14(10)18-15-9-11-4-2-3-5-13(11)17-15/h2-9,17H,16H2,1H3. The van der Waals surface area contributed by atoms with Gasteiger partial charge in [0.25, 0.3) is 0 Å². The Kier molecular flexibility index (Phi) is 2.76. The maximum atomic E-state index is 5.77. The van der Waals surface area contributed by atoms with Gasteiger partial charge >= 0.3 is 0 Å². The van der Waals surface area contributed by atoms with Gasteiger partial charge in [0.15, 0.2) is 0 Å². The van der Waals surface area contributed by atoms with Crippen molar-refractivity contribution in [3.05, 3.63) is 54.1 Å². The fraction of sp³-hybridized carbons (Fsp3) is 0.0667. The first-order chi connectivity index (χ1) is 8.72. The second-order valence-electron chi connectivity index (χ2n) is 4.35. The van der Waals surface area contributed by atoms with Gasteiger partial charge in [0, 0.05) is 21.5 Å². The van der Waals surface area contributed by atoms with E-state index in [1.807, 2.05) is 18.2 Å². The number of H-pyrrole nitrogens is 1. The van der Waals surface area contributed by atoms with Gasteiger partial charge in [-0.3, -0.25) is 0 Å². The van der Waals surface area contributed by atoms with Gasteiger partial charge in [-0.05, 0) is 42.8 Å². The molecule has 3 rings (SSSR count). The molecule has 0 aliphatic heterocycles. The molecule has 1 heterocycles. The normalized spacial score (nSPS) is 10.9. The number of aromatic amines is 1. The van der Waals surface area contributed by atoms with Crippen LogP contribution in [0.5, 0.6) is 0 Å². The van der Waals surface area contributed by atoms with E-state index in [1.54, 1.807) is 11.8 Å². The molecule has 3 N–H and O–H groups in total. The van der Waals surface area contributed by atoms with Crippen molar-refractivity contribution in [2.24, 2.45) is 0 Å². The van der Waals surface area contributed by atoms with Crippen LogP contribution >= 0.6 is 11.8 Å². The Morgan fingerprint density at radius 3 is 2.67 bits per heavy atom. The lowest BCUT2D eigenvalue weighted by Crippen LogP contribution is -1.86. The number of fused-ring (bicyclic) bond motifs is 1. The van der Waals surface area contributed by atoms with Gasteiger partial charge in [-0.15, -0.1) is 0 Å². The molecule has 1 aromatic heterocycles. The van der Waals surface area contributed by atoms with Crippen LogP contribution < -0.4 is 5.73 Å². The highest BCUT2D eigenvalue weighted by molar-refractivity contribution is 7.99. The van der Waals surface area contributed by atoms with E-state index in [-0.39, 0.29) is 0 Å². The minimum absolute atomic E-state index is 0.813. The van der Waals surface area contributed by atoms with Crippen molar-refractivity contribution >= 4 is 28.4 Å². The lowest BCUT2D eigenvalue weighted by Gasteiger charge is -2.04. The van der Waals surface area contributed by atoms with Crippen molar-refractivity contribution in [1.82, 2.24) is 4.98 Å². The summed E-state index contributed by atoms with van der Waals surface area (Å²) in [6.07, 6.45) is 0. The number of anilines is 1. The number of nitrogens with two attached hydrogens (primary N) is 1. The highest BCUT2D eigenvalue weighted by Gasteiger charge is 2.04. The smallest absolute Gasteiger partial charge is 0.0780 e. The summed E-state index contributed by atoms with van der Waals surface area (Å²) in [4.78, 5) is 4.65. The Morgan fingerprint density at radius 1 is 1.06 bits per heavy atom. The lowest BCUT2D eigenvalue weighted by molar-refractivity contribution is 1.22. The number of rotatable bonds is 2. The van der Waals surface area contributed by atoms with Crippen LogP contribution in [0.15, 0.2) is 58.5 Å². The first-order valence-corrected chi connectivity index (χ1v) is 6.66. The highest BCUT2D eigenvalue weighted by atomic mass is 32.2. The Morgan fingerprint density at radius 2 is 1.89 bits per heavy atom. The number of hydrogen-bond donors (Lipinski definition) is 2. The topological polar surface area (TPSA) is 41.8 Å². The molecule has 0 saturated heterocycles. The zero-order valence-electron chi connectivity index (χ0n) is 10.1. The number of para-hydroxylation sites is 1. The van der Waals surface area contributed by atoms with Crippen LogP contribution in [-0.4, -0.2) is 4.98 Å². The number of nitrogen functional groups attached to an aromatic ring is 1. The monoisotopic (exact) mass is 254 g/mol. The van der Waals surface area contributed by atoms with Gasteiger partial charge in [0.1, 0.15) is 0 Å². The lowest BCUT2D eigenvalue weighted by atomic mass is 10.2. The van der Waals surface area contributed by atoms with E-state index in [0.717, 1.165) is 10.7 Å². The third-order valence-corrected chi connectivity index (χ3v) is 4.04. The van der Waals surface area contributed by atoms with Gasteiger partial charge in [-0.25, -0.2) is 0 Å². The number of benzene rings is 2. The Balaban J connectivity index is 1.96. The molecule has 0 aliphatic rings. The first-order valence-electron chi connectivity index (χ1n) is 5.84. The number of aromatic nitrogens is 1. The number of nitrogens with one attached hydrogen (secondary N) is 1. The molecule has 2 nitrogen and oxygen atoms in total. The molecule has 0 spiro atoms. The number of aryl methyl sites for hydroxylation is 1. The van der Waals surface area contributed by atoms with Crippen molar-refractivity contribution in [3.63, 3.8) is 0 Å². The van der Waals surface area contributed by atoms with E-state index in [0.29, 0.717) is 0 Å². The van der Waals surface area contributed by atoms with Gasteiger partial charge in [0.2, 0.25) is 0 Å². The third kappa shape index (κ3) is 2.09. The van der Waals surface area contributed by atoms with Crippen molar-refractivity contribution < 1.29 is 0 Å². The summed E-state index contributed by atoms with van der Waals surface area (Å²) in [6, 6.07) is 16.5. The highest BCUT2D eigenvalue weighted by Crippen LogP contribution is 2.32. The molecule has 0 fully saturated rings. The average molecular weight is 254 g/mol. The molecule has 0 unspecified atom stereocenters. The van der Waals surface area contributed by atoms with Crippen molar-refractivity contribution in [2.45, 2.75) is 16.8 Å². The summed E-state index contributed by atoms with van der Waals surface area (Å²) in [6.45, 7) is 2.08. The summed E-state index contributed by atoms with van der Waals surface area (Å²) in [5.74, 6) is 0. The van der Waals surface area contributed by atoms with E-state index in [2.05, 4.69) is 42.2 Å². The molecule has 0 bridgehead atoms. The fourth-order valence-electron chi connectivity index (χ4n) is 2.01. The predicted molar refractivity (Wildman–Crippen MR) is 78.0 cm³/mol.